The standard InChI is InChI=1S/2Bi.3HO3P/c;;3*1-4(2)3/h;;3*(H,1,2,3)/q2*+3;;;/p-3. The predicted octanol–water partition coefficient (Wildman–Crippen LogP) is -5.67. The number of rotatable bonds is 0. The van der Waals surface area contributed by atoms with Crippen LogP contribution < -0.4 is 29.4 Å². The zero-order valence-electron chi connectivity index (χ0n) is 5.91. The van der Waals surface area contributed by atoms with Crippen molar-refractivity contribution in [2.75, 3.05) is 0 Å². The molecule has 76 valence electrons. The third kappa shape index (κ3) is 682. The summed E-state index contributed by atoms with van der Waals surface area (Å²) in [5.74, 6) is 0. The fourth-order valence-corrected chi connectivity index (χ4v) is 0. The Labute approximate surface area is 119 Å². The van der Waals surface area contributed by atoms with Crippen LogP contribution in [-0.2, 0) is 13.7 Å². The van der Waals surface area contributed by atoms with Crippen molar-refractivity contribution >= 4 is 77.2 Å². The number of hydrogen-bond donors (Lipinski definition) is 0. The summed E-state index contributed by atoms with van der Waals surface area (Å²) < 4.78 is 25.4. The van der Waals surface area contributed by atoms with Gasteiger partial charge in [-0.15, -0.1) is 0 Å². The Morgan fingerprint density at radius 3 is 0.500 bits per heavy atom. The van der Waals surface area contributed by atoms with E-state index in [1.54, 1.807) is 0 Å². The van der Waals surface area contributed by atoms with Crippen LogP contribution in [0.1, 0.15) is 0 Å². The summed E-state index contributed by atoms with van der Waals surface area (Å²) >= 11 is 0. The zero-order valence-corrected chi connectivity index (χ0v) is 15.5. The Bertz CT molecular complexity index is 116. The quantitative estimate of drug-likeness (QED) is 0.181. The minimum absolute atomic E-state index is 0. The summed E-state index contributed by atoms with van der Waals surface area (Å²) in [6.07, 6.45) is 0. The van der Waals surface area contributed by atoms with E-state index in [-0.39, 0.29) is 52.4 Å². The van der Waals surface area contributed by atoms with E-state index in [2.05, 4.69) is 0 Å². The molecule has 0 atom stereocenters. The SMILES string of the molecule is O=[P+]([O-])[O-].O=[P+]([O-])[O-].O=[P+]([O-])[O-].[Bi+3].[Bi+3]. The molecule has 0 bridgehead atoms. The van der Waals surface area contributed by atoms with Crippen LogP contribution >= 0.6 is 24.8 Å². The van der Waals surface area contributed by atoms with Gasteiger partial charge >= 0.3 is 52.4 Å². The Morgan fingerprint density at radius 2 is 0.500 bits per heavy atom. The van der Waals surface area contributed by atoms with Crippen LogP contribution in [0.3, 0.4) is 0 Å². The minimum Gasteiger partial charge on any atom is -0.598 e. The summed E-state index contributed by atoms with van der Waals surface area (Å²) in [5.41, 5.74) is 0. The molecule has 0 spiro atoms. The number of hydrogen-bond acceptors (Lipinski definition) is 9. The Kier molecular flexibility index (Phi) is 51.3. The first-order valence-corrected chi connectivity index (χ1v) is 4.93. The summed E-state index contributed by atoms with van der Waals surface area (Å²) in [6, 6.07) is 0. The maximum atomic E-state index is 8.48. The van der Waals surface area contributed by atoms with E-state index in [1.165, 1.54) is 0 Å². The van der Waals surface area contributed by atoms with Gasteiger partial charge in [0.05, 0.1) is 0 Å². The van der Waals surface area contributed by atoms with Crippen molar-refractivity contribution < 1.29 is 43.1 Å². The Balaban J connectivity index is -0.0000000270. The van der Waals surface area contributed by atoms with E-state index in [4.69, 9.17) is 43.1 Å². The van der Waals surface area contributed by atoms with E-state index in [1.807, 2.05) is 0 Å². The van der Waals surface area contributed by atoms with Crippen LogP contribution in [0.2, 0.25) is 0 Å². The molecule has 0 aromatic rings. The molecule has 0 aliphatic heterocycles. The average Bonchev–Trinajstić information content (AvgIpc) is 1.54. The normalized spacial score (nSPS) is 5.57. The molecule has 14 heavy (non-hydrogen) atoms. The van der Waals surface area contributed by atoms with Gasteiger partial charge in [-0.2, -0.15) is 0 Å². The van der Waals surface area contributed by atoms with Gasteiger partial charge in [-0.1, -0.05) is 13.7 Å². The van der Waals surface area contributed by atoms with Crippen molar-refractivity contribution in [3.8, 4) is 0 Å². The van der Waals surface area contributed by atoms with Crippen LogP contribution in [0.25, 0.3) is 0 Å². The second-order valence-electron chi connectivity index (χ2n) is 0.671. The molecule has 0 aromatic heterocycles. The van der Waals surface area contributed by atoms with Gasteiger partial charge in [0, 0.05) is 0 Å². The van der Waals surface area contributed by atoms with Crippen LogP contribution in [-0.4, -0.2) is 52.4 Å². The molecular weight excluding hydrogens is 655 g/mol. The molecule has 0 fully saturated rings. The van der Waals surface area contributed by atoms with Crippen molar-refractivity contribution in [3.63, 3.8) is 0 Å². The fourth-order valence-electron chi connectivity index (χ4n) is 0. The Hall–Kier alpha value is 1.83. The molecule has 0 aliphatic carbocycles. The second kappa shape index (κ2) is 24.2. The molecule has 9 nitrogen and oxygen atoms in total. The summed E-state index contributed by atoms with van der Waals surface area (Å²) in [6.45, 7) is 0. The monoisotopic (exact) mass is 655 g/mol. The zero-order chi connectivity index (χ0) is 10.7. The summed E-state index contributed by atoms with van der Waals surface area (Å²) in [7, 11) is -10.1. The van der Waals surface area contributed by atoms with Crippen molar-refractivity contribution in [2.24, 2.45) is 0 Å². The van der Waals surface area contributed by atoms with Crippen molar-refractivity contribution in [1.29, 1.82) is 0 Å². The average molecular weight is 655 g/mol. The topological polar surface area (TPSA) is 190 Å². The smallest absolute Gasteiger partial charge is 0.598 e. The molecule has 0 saturated heterocycles. The third-order valence-electron chi connectivity index (χ3n) is 0. The van der Waals surface area contributed by atoms with Gasteiger partial charge in [-0.05, 0) is 0 Å². The van der Waals surface area contributed by atoms with Gasteiger partial charge in [0.25, 0.3) is 24.8 Å². The van der Waals surface area contributed by atoms with Crippen molar-refractivity contribution in [1.82, 2.24) is 0 Å². The van der Waals surface area contributed by atoms with Crippen LogP contribution in [0.5, 0.6) is 0 Å². The second-order valence-corrected chi connectivity index (χ2v) is 2.01. The largest absolute Gasteiger partial charge is 3.00 e. The molecule has 0 aromatic carbocycles. The first-order chi connectivity index (χ1) is 5.20. The molecule has 0 heterocycles. The molecule has 0 rings (SSSR count). The molecule has 0 N–H and O–H groups in total. The van der Waals surface area contributed by atoms with Gasteiger partial charge < -0.3 is 29.4 Å². The third-order valence-corrected chi connectivity index (χ3v) is 0. The van der Waals surface area contributed by atoms with Gasteiger partial charge in [-0.3, -0.25) is 0 Å². The van der Waals surface area contributed by atoms with E-state index in [0.29, 0.717) is 0 Å². The van der Waals surface area contributed by atoms with Crippen LogP contribution in [0, 0.1) is 0 Å². The molecular formula is Bi2O9P3+3. The molecule has 0 amide bonds. The minimum atomic E-state index is -3.37. The van der Waals surface area contributed by atoms with E-state index in [9.17, 15) is 0 Å². The molecule has 4 radical (unpaired) electrons. The Morgan fingerprint density at radius 1 is 0.500 bits per heavy atom. The maximum absolute atomic E-state index is 8.48. The van der Waals surface area contributed by atoms with Gasteiger partial charge in [0.15, 0.2) is 0 Å². The van der Waals surface area contributed by atoms with Gasteiger partial charge in [0.1, 0.15) is 0 Å². The van der Waals surface area contributed by atoms with Crippen molar-refractivity contribution in [3.05, 3.63) is 0 Å². The molecule has 0 saturated carbocycles. The van der Waals surface area contributed by atoms with E-state index in [0.717, 1.165) is 0 Å². The van der Waals surface area contributed by atoms with Gasteiger partial charge in [0.2, 0.25) is 0 Å². The molecule has 14 heteroatoms. The van der Waals surface area contributed by atoms with Crippen LogP contribution in [0.4, 0.5) is 0 Å². The van der Waals surface area contributed by atoms with E-state index < -0.39 is 24.8 Å². The maximum Gasteiger partial charge on any atom is 3.00 e. The predicted molar refractivity (Wildman–Crippen MR) is 34.3 cm³/mol. The molecule has 0 aliphatic rings. The first kappa shape index (κ1) is 29.7. The summed E-state index contributed by atoms with van der Waals surface area (Å²) in [4.78, 5) is 50.9. The molecule has 0 unspecified atom stereocenters. The fraction of sp³-hybridized carbons (Fsp3) is 0. The van der Waals surface area contributed by atoms with Gasteiger partial charge in [-0.25, -0.2) is 0 Å². The first-order valence-electron chi connectivity index (χ1n) is 1.64. The van der Waals surface area contributed by atoms with Crippen LogP contribution in [0.15, 0.2) is 0 Å². The van der Waals surface area contributed by atoms with Crippen molar-refractivity contribution in [2.45, 2.75) is 0 Å². The summed E-state index contributed by atoms with van der Waals surface area (Å²) in [5, 5.41) is 0. The van der Waals surface area contributed by atoms with E-state index >= 15 is 0 Å².